The van der Waals surface area contributed by atoms with Crippen LogP contribution in [-0.2, 0) is 11.3 Å². The summed E-state index contributed by atoms with van der Waals surface area (Å²) in [5.41, 5.74) is 9.79. The number of halogens is 1. The molecule has 9 heteroatoms. The number of carbonyl (C=O) groups is 2. The molecule has 0 saturated carbocycles. The van der Waals surface area contributed by atoms with Crippen molar-refractivity contribution in [3.05, 3.63) is 101 Å². The molecular weight excluding hydrogens is 560 g/mol. The van der Waals surface area contributed by atoms with Crippen LogP contribution in [0.25, 0.3) is 32.8 Å². The summed E-state index contributed by atoms with van der Waals surface area (Å²) in [7, 11) is 3.78. The number of nitrogens with zero attached hydrogens (tertiary/aromatic N) is 4. The third-order valence-corrected chi connectivity index (χ3v) is 7.92. The van der Waals surface area contributed by atoms with Crippen LogP contribution >= 0.6 is 11.6 Å². The van der Waals surface area contributed by atoms with Gasteiger partial charge >= 0.3 is 0 Å². The second kappa shape index (κ2) is 13.6. The Morgan fingerprint density at radius 3 is 2.51 bits per heavy atom. The van der Waals surface area contributed by atoms with Crippen LogP contribution in [0.5, 0.6) is 0 Å². The highest BCUT2D eigenvalue weighted by atomic mass is 35.5. The minimum absolute atomic E-state index is 0.0945. The van der Waals surface area contributed by atoms with Crippen LogP contribution in [0.1, 0.15) is 28.8 Å². The summed E-state index contributed by atoms with van der Waals surface area (Å²) in [5, 5.41) is 6.94. The molecule has 5 aromatic rings. The molecule has 0 spiro atoms. The normalized spacial score (nSPS) is 11.1. The molecule has 0 aliphatic heterocycles. The first-order valence-electron chi connectivity index (χ1n) is 14.3. The lowest BCUT2D eigenvalue weighted by molar-refractivity contribution is -0.129. The maximum Gasteiger partial charge on any atom is 0.248 e. The molecule has 3 aromatic carbocycles. The first-order valence-corrected chi connectivity index (χ1v) is 14.7. The van der Waals surface area contributed by atoms with E-state index >= 15 is 0 Å². The lowest BCUT2D eigenvalue weighted by Gasteiger charge is -2.24. The first-order chi connectivity index (χ1) is 20.8. The molecule has 2 aromatic heterocycles. The van der Waals surface area contributed by atoms with Crippen LogP contribution < -0.4 is 16.0 Å². The van der Waals surface area contributed by atoms with Gasteiger partial charge in [0.2, 0.25) is 11.8 Å². The minimum atomic E-state index is -0.498. The van der Waals surface area contributed by atoms with E-state index in [9.17, 15) is 9.59 Å². The van der Waals surface area contributed by atoms with Crippen LogP contribution in [0.3, 0.4) is 0 Å². The largest absolute Gasteiger partial charge is 0.366 e. The summed E-state index contributed by atoms with van der Waals surface area (Å²) in [5.74, 6) is 0.354. The fraction of sp³-hybridized carbons (Fsp3) is 0.235. The molecule has 5 rings (SSSR count). The highest BCUT2D eigenvalue weighted by Crippen LogP contribution is 2.31. The molecule has 0 saturated heterocycles. The van der Waals surface area contributed by atoms with Gasteiger partial charge in [-0.1, -0.05) is 60.1 Å². The highest BCUT2D eigenvalue weighted by molar-refractivity contribution is 6.33. The summed E-state index contributed by atoms with van der Waals surface area (Å²) < 4.78 is 0. The fourth-order valence-electron chi connectivity index (χ4n) is 5.11. The lowest BCUT2D eigenvalue weighted by Crippen LogP contribution is -2.35. The maximum atomic E-state index is 12.8. The van der Waals surface area contributed by atoms with Crippen LogP contribution in [0, 0.1) is 0 Å². The number of carbonyl (C=O) groups excluding carboxylic acids is 2. The summed E-state index contributed by atoms with van der Waals surface area (Å²) in [6.45, 7) is 2.55. The summed E-state index contributed by atoms with van der Waals surface area (Å²) >= 11 is 6.54. The number of hydrogen-bond acceptors (Lipinski definition) is 6. The van der Waals surface area contributed by atoms with Gasteiger partial charge in [-0.05, 0) is 48.4 Å². The predicted octanol–water partition coefficient (Wildman–Crippen LogP) is 5.67. The quantitative estimate of drug-likeness (QED) is 0.143. The number of nitrogens with one attached hydrogen (secondary N) is 1. The Morgan fingerprint density at radius 2 is 1.74 bits per heavy atom. The molecule has 3 N–H and O–H groups in total. The van der Waals surface area contributed by atoms with Gasteiger partial charge in [0.1, 0.15) is 5.82 Å². The molecule has 2 heterocycles. The van der Waals surface area contributed by atoms with E-state index in [1.807, 2.05) is 67.5 Å². The number of likely N-dealkylation sites (N-methyl/N-ethyl adjacent to an activating group) is 2. The van der Waals surface area contributed by atoms with Gasteiger partial charge in [0.05, 0.1) is 5.52 Å². The molecule has 0 fully saturated rings. The maximum absolute atomic E-state index is 12.8. The second-order valence-electron chi connectivity index (χ2n) is 10.7. The molecule has 8 nitrogen and oxygen atoms in total. The zero-order valence-corrected chi connectivity index (χ0v) is 25.1. The molecule has 0 bridgehead atoms. The highest BCUT2D eigenvalue weighted by Gasteiger charge is 2.15. The number of fused-ring (bicyclic) bond motifs is 3. The number of aromatic nitrogens is 2. The van der Waals surface area contributed by atoms with Crippen molar-refractivity contribution in [2.75, 3.05) is 38.6 Å². The topological polar surface area (TPSA) is 104 Å². The first kappa shape index (κ1) is 29.9. The number of primary amides is 1. The van der Waals surface area contributed by atoms with E-state index < -0.39 is 5.91 Å². The Balaban J connectivity index is 1.11. The minimum Gasteiger partial charge on any atom is -0.366 e. The van der Waals surface area contributed by atoms with E-state index in [0.717, 1.165) is 56.7 Å². The average Bonchev–Trinajstić information content (AvgIpc) is 3.02. The van der Waals surface area contributed by atoms with Crippen molar-refractivity contribution in [3.8, 4) is 11.1 Å². The van der Waals surface area contributed by atoms with Gasteiger partial charge in [-0.25, -0.2) is 4.98 Å². The smallest absolute Gasteiger partial charge is 0.248 e. The van der Waals surface area contributed by atoms with Crippen molar-refractivity contribution in [3.63, 3.8) is 0 Å². The van der Waals surface area contributed by atoms with Crippen molar-refractivity contribution in [1.29, 1.82) is 0 Å². The molecule has 0 aliphatic rings. The van der Waals surface area contributed by atoms with Crippen LogP contribution in [0.15, 0.2) is 85.2 Å². The molecule has 0 atom stereocenters. The van der Waals surface area contributed by atoms with Crippen molar-refractivity contribution in [1.82, 2.24) is 20.2 Å². The van der Waals surface area contributed by atoms with Crippen molar-refractivity contribution in [2.45, 2.75) is 19.4 Å². The molecule has 43 heavy (non-hydrogen) atoms. The fourth-order valence-corrected chi connectivity index (χ4v) is 5.43. The second-order valence-corrected chi connectivity index (χ2v) is 11.1. The molecule has 2 amide bonds. The van der Waals surface area contributed by atoms with E-state index in [-0.39, 0.29) is 5.91 Å². The van der Waals surface area contributed by atoms with Crippen LogP contribution in [0.4, 0.5) is 5.82 Å². The number of anilines is 1. The van der Waals surface area contributed by atoms with E-state index in [4.69, 9.17) is 22.3 Å². The summed E-state index contributed by atoms with van der Waals surface area (Å²) in [6, 6.07) is 23.4. The standard InChI is InChI=1S/C34H35ClN6O2/c1-40(32(42)9-6-15-37-21-23-10-12-26(30(35)19-23)24-7-4-3-5-8-24)17-18-41(2)34-28-14-16-38-22-29(28)27-13-11-25(33(36)43)20-31(27)39-34/h3-5,7-8,10-14,16,19-20,22,37H,6,9,15,17-18,21H2,1-2H3,(H2,36,43). The summed E-state index contributed by atoms with van der Waals surface area (Å²) in [4.78, 5) is 37.5. The van der Waals surface area contributed by atoms with Crippen LogP contribution in [-0.4, -0.2) is 60.4 Å². The number of rotatable bonds is 12. The lowest BCUT2D eigenvalue weighted by atomic mass is 10.0. The SMILES string of the molecule is CN(CCN(C)c1nc2cc(C(N)=O)ccc2c2cnccc12)C(=O)CCCNCc1ccc(-c2ccccc2)c(Cl)c1. The van der Waals surface area contributed by atoms with Crippen molar-refractivity contribution < 1.29 is 9.59 Å². The molecule has 220 valence electrons. The number of pyridine rings is 2. The van der Waals surface area contributed by atoms with Gasteiger partial charge in [0.15, 0.2) is 0 Å². The predicted molar refractivity (Wildman–Crippen MR) is 174 cm³/mol. The monoisotopic (exact) mass is 594 g/mol. The van der Waals surface area contributed by atoms with Crippen molar-refractivity contribution in [2.24, 2.45) is 5.73 Å². The molecule has 0 aliphatic carbocycles. The van der Waals surface area contributed by atoms with E-state index in [2.05, 4.69) is 22.4 Å². The van der Waals surface area contributed by atoms with E-state index in [0.29, 0.717) is 37.1 Å². The van der Waals surface area contributed by atoms with Gasteiger partial charge in [0.25, 0.3) is 0 Å². The third-order valence-electron chi connectivity index (χ3n) is 7.61. The third kappa shape index (κ3) is 7.10. The van der Waals surface area contributed by atoms with E-state index in [1.165, 1.54) is 0 Å². The Kier molecular flexibility index (Phi) is 9.49. The summed E-state index contributed by atoms with van der Waals surface area (Å²) in [6.07, 6.45) is 4.74. The van der Waals surface area contributed by atoms with Crippen LogP contribution in [0.2, 0.25) is 5.02 Å². The van der Waals surface area contributed by atoms with Gasteiger partial charge in [0, 0.05) is 84.9 Å². The molecule has 0 unspecified atom stereocenters. The average molecular weight is 595 g/mol. The molecular formula is C34H35ClN6O2. The Labute approximate surface area is 256 Å². The number of amides is 2. The van der Waals surface area contributed by atoms with Gasteiger partial charge < -0.3 is 20.9 Å². The Morgan fingerprint density at radius 1 is 0.930 bits per heavy atom. The van der Waals surface area contributed by atoms with Gasteiger partial charge in [-0.2, -0.15) is 0 Å². The molecule has 0 radical (unpaired) electrons. The number of hydrogen-bond donors (Lipinski definition) is 2. The zero-order valence-electron chi connectivity index (χ0n) is 24.4. The zero-order chi connectivity index (χ0) is 30.3. The Bertz CT molecular complexity index is 1760. The Hall–Kier alpha value is -4.53. The van der Waals surface area contributed by atoms with Crippen molar-refractivity contribution >= 4 is 50.9 Å². The van der Waals surface area contributed by atoms with Gasteiger partial charge in [-0.3, -0.25) is 14.6 Å². The van der Waals surface area contributed by atoms with Gasteiger partial charge in [-0.15, -0.1) is 0 Å². The number of benzene rings is 3. The van der Waals surface area contributed by atoms with E-state index in [1.54, 1.807) is 29.4 Å². The number of nitrogens with two attached hydrogens (primary N) is 1.